The van der Waals surface area contributed by atoms with Crippen molar-refractivity contribution in [2.24, 2.45) is 0 Å². The molecule has 4 nitrogen and oxygen atoms in total. The Labute approximate surface area is 156 Å². The third kappa shape index (κ3) is 4.80. The van der Waals surface area contributed by atoms with Crippen molar-refractivity contribution in [1.82, 2.24) is 4.98 Å². The van der Waals surface area contributed by atoms with Crippen LogP contribution in [0.4, 0.5) is 21.6 Å². The maximum Gasteiger partial charge on any atom is 0.228 e. The van der Waals surface area contributed by atoms with Gasteiger partial charge in [0, 0.05) is 10.7 Å². The number of aromatic nitrogens is 1. The number of halogens is 2. The van der Waals surface area contributed by atoms with Gasteiger partial charge in [0.1, 0.15) is 11.6 Å². The second-order valence-corrected chi connectivity index (χ2v) is 6.30. The van der Waals surface area contributed by atoms with Gasteiger partial charge in [-0.3, -0.25) is 4.79 Å². The molecule has 0 aliphatic carbocycles. The molecule has 26 heavy (non-hydrogen) atoms. The van der Waals surface area contributed by atoms with Crippen LogP contribution in [0, 0.1) is 12.7 Å². The van der Waals surface area contributed by atoms with E-state index in [1.165, 1.54) is 12.1 Å². The number of benzene rings is 2. The van der Waals surface area contributed by atoms with E-state index in [1.807, 2.05) is 19.1 Å². The highest BCUT2D eigenvalue weighted by atomic mass is 35.5. The lowest BCUT2D eigenvalue weighted by molar-refractivity contribution is -0.115. The average molecular weight is 370 g/mol. The van der Waals surface area contributed by atoms with Crippen LogP contribution in [0.5, 0.6) is 0 Å². The smallest absolute Gasteiger partial charge is 0.228 e. The van der Waals surface area contributed by atoms with Crippen molar-refractivity contribution in [2.45, 2.75) is 13.3 Å². The van der Waals surface area contributed by atoms with E-state index in [1.54, 1.807) is 36.5 Å². The normalized spacial score (nSPS) is 10.4. The van der Waals surface area contributed by atoms with Crippen molar-refractivity contribution in [3.63, 3.8) is 0 Å². The molecular formula is C20H17ClFN3O. The predicted molar refractivity (Wildman–Crippen MR) is 102 cm³/mol. The lowest BCUT2D eigenvalue weighted by Crippen LogP contribution is -2.14. The molecule has 6 heteroatoms. The number of anilines is 3. The molecule has 0 fully saturated rings. The molecule has 1 amide bonds. The number of amides is 1. The number of hydrogen-bond donors (Lipinski definition) is 2. The zero-order chi connectivity index (χ0) is 18.5. The first-order chi connectivity index (χ1) is 12.5. The number of nitrogens with one attached hydrogen (secondary N) is 2. The van der Waals surface area contributed by atoms with Crippen LogP contribution >= 0.6 is 11.6 Å². The second kappa shape index (κ2) is 7.97. The van der Waals surface area contributed by atoms with Crippen LogP contribution in [-0.4, -0.2) is 10.9 Å². The topological polar surface area (TPSA) is 54.0 Å². The maximum atomic E-state index is 12.9. The van der Waals surface area contributed by atoms with Crippen molar-refractivity contribution in [3.05, 3.63) is 82.8 Å². The minimum atomic E-state index is -0.322. The first-order valence-corrected chi connectivity index (χ1v) is 8.41. The van der Waals surface area contributed by atoms with Gasteiger partial charge in [-0.2, -0.15) is 0 Å². The highest BCUT2D eigenvalue weighted by Gasteiger charge is 2.06. The molecule has 0 spiro atoms. The molecule has 1 aromatic heterocycles. The van der Waals surface area contributed by atoms with Gasteiger partial charge in [-0.1, -0.05) is 23.7 Å². The Bertz CT molecular complexity index is 911. The van der Waals surface area contributed by atoms with Gasteiger partial charge in [0.25, 0.3) is 0 Å². The van der Waals surface area contributed by atoms with Crippen LogP contribution in [-0.2, 0) is 11.2 Å². The Kier molecular flexibility index (Phi) is 5.49. The largest absolute Gasteiger partial charge is 0.340 e. The van der Waals surface area contributed by atoms with E-state index in [-0.39, 0.29) is 18.1 Å². The fourth-order valence-corrected chi connectivity index (χ4v) is 2.67. The average Bonchev–Trinajstić information content (AvgIpc) is 2.61. The van der Waals surface area contributed by atoms with Gasteiger partial charge < -0.3 is 10.6 Å². The summed E-state index contributed by atoms with van der Waals surface area (Å²) in [5.41, 5.74) is 3.26. The zero-order valence-electron chi connectivity index (χ0n) is 14.1. The molecule has 0 saturated carbocycles. The molecule has 0 aliphatic heterocycles. The molecule has 2 N–H and O–H groups in total. The summed E-state index contributed by atoms with van der Waals surface area (Å²) in [5, 5.41) is 6.66. The zero-order valence-corrected chi connectivity index (χ0v) is 14.8. The van der Waals surface area contributed by atoms with Crippen LogP contribution in [0.25, 0.3) is 0 Å². The van der Waals surface area contributed by atoms with Gasteiger partial charge in [-0.15, -0.1) is 0 Å². The predicted octanol–water partition coefficient (Wildman–Crippen LogP) is 5.11. The van der Waals surface area contributed by atoms with E-state index < -0.39 is 0 Å². The molecule has 1 heterocycles. The van der Waals surface area contributed by atoms with E-state index in [9.17, 15) is 9.18 Å². The van der Waals surface area contributed by atoms with Crippen molar-refractivity contribution >= 4 is 34.7 Å². The summed E-state index contributed by atoms with van der Waals surface area (Å²) in [5.74, 6) is 0.150. The Morgan fingerprint density at radius 1 is 1.12 bits per heavy atom. The first kappa shape index (κ1) is 17.9. The van der Waals surface area contributed by atoms with Crippen molar-refractivity contribution < 1.29 is 9.18 Å². The van der Waals surface area contributed by atoms with Crippen LogP contribution < -0.4 is 10.6 Å². The minimum Gasteiger partial charge on any atom is -0.340 e. The second-order valence-electron chi connectivity index (χ2n) is 5.87. The van der Waals surface area contributed by atoms with Gasteiger partial charge in [-0.05, 0) is 60.5 Å². The molecule has 0 radical (unpaired) electrons. The van der Waals surface area contributed by atoms with Crippen LogP contribution in [0.2, 0.25) is 5.02 Å². The number of hydrogen-bond acceptors (Lipinski definition) is 3. The van der Waals surface area contributed by atoms with Crippen LogP contribution in [0.1, 0.15) is 11.1 Å². The molecule has 0 aliphatic rings. The van der Waals surface area contributed by atoms with Crippen LogP contribution in [0.3, 0.4) is 0 Å². The summed E-state index contributed by atoms with van der Waals surface area (Å²) in [7, 11) is 0. The lowest BCUT2D eigenvalue weighted by atomic mass is 10.1. The van der Waals surface area contributed by atoms with Gasteiger partial charge in [0.2, 0.25) is 5.91 Å². The quantitative estimate of drug-likeness (QED) is 0.657. The summed E-state index contributed by atoms with van der Waals surface area (Å²) in [6.07, 6.45) is 1.75. The lowest BCUT2D eigenvalue weighted by Gasteiger charge is -2.10. The number of pyridine rings is 1. The Hall–Kier alpha value is -2.92. The summed E-state index contributed by atoms with van der Waals surface area (Å²) >= 11 is 5.95. The summed E-state index contributed by atoms with van der Waals surface area (Å²) in [6.45, 7) is 1.96. The number of aryl methyl sites for hydroxylation is 1. The summed E-state index contributed by atoms with van der Waals surface area (Å²) in [4.78, 5) is 16.4. The Morgan fingerprint density at radius 3 is 2.54 bits per heavy atom. The molecule has 2 aromatic carbocycles. The number of carbonyl (C=O) groups is 1. The van der Waals surface area contributed by atoms with E-state index in [0.29, 0.717) is 16.5 Å². The summed E-state index contributed by atoms with van der Waals surface area (Å²) in [6, 6.07) is 15.0. The third-order valence-corrected chi connectivity index (χ3v) is 4.01. The monoisotopic (exact) mass is 369 g/mol. The maximum absolute atomic E-state index is 12.9. The number of nitrogens with zero attached hydrogens (tertiary/aromatic N) is 1. The molecule has 3 aromatic rings. The Balaban J connectivity index is 1.60. The van der Waals surface area contributed by atoms with Gasteiger partial charge >= 0.3 is 0 Å². The highest BCUT2D eigenvalue weighted by Crippen LogP contribution is 2.23. The van der Waals surface area contributed by atoms with E-state index in [4.69, 9.17) is 11.6 Å². The van der Waals surface area contributed by atoms with Gasteiger partial charge in [-0.25, -0.2) is 9.37 Å². The van der Waals surface area contributed by atoms with Gasteiger partial charge in [0.05, 0.1) is 18.3 Å². The van der Waals surface area contributed by atoms with Crippen molar-refractivity contribution in [2.75, 3.05) is 10.6 Å². The first-order valence-electron chi connectivity index (χ1n) is 8.03. The highest BCUT2D eigenvalue weighted by molar-refractivity contribution is 6.30. The number of carbonyl (C=O) groups excluding carboxylic acids is 1. The van der Waals surface area contributed by atoms with Crippen molar-refractivity contribution in [1.29, 1.82) is 0 Å². The fourth-order valence-electron chi connectivity index (χ4n) is 2.44. The third-order valence-electron chi connectivity index (χ3n) is 3.78. The fraction of sp³-hybridized carbons (Fsp3) is 0.100. The summed E-state index contributed by atoms with van der Waals surface area (Å²) < 4.78 is 12.9. The molecule has 0 atom stereocenters. The van der Waals surface area contributed by atoms with Crippen LogP contribution in [0.15, 0.2) is 60.8 Å². The molecule has 0 unspecified atom stereocenters. The number of rotatable bonds is 5. The molecule has 0 bridgehead atoms. The minimum absolute atomic E-state index is 0.171. The van der Waals surface area contributed by atoms with E-state index >= 15 is 0 Å². The molecular weight excluding hydrogens is 353 g/mol. The van der Waals surface area contributed by atoms with E-state index in [2.05, 4.69) is 15.6 Å². The SMILES string of the molecule is Cc1cc(Cl)ccc1Nc1ccc(NC(=O)Cc2ccc(F)cc2)cn1. The molecule has 132 valence electrons. The van der Waals surface area contributed by atoms with E-state index in [0.717, 1.165) is 16.8 Å². The molecule has 0 saturated heterocycles. The standard InChI is InChI=1S/C20H17ClFN3O/c1-13-10-15(21)4-8-18(13)25-19-9-7-17(12-23-19)24-20(26)11-14-2-5-16(22)6-3-14/h2-10,12H,11H2,1H3,(H,23,25)(H,24,26). The molecule has 3 rings (SSSR count). The van der Waals surface area contributed by atoms with Gasteiger partial charge in [0.15, 0.2) is 0 Å². The Morgan fingerprint density at radius 2 is 1.88 bits per heavy atom. The van der Waals surface area contributed by atoms with Crippen molar-refractivity contribution in [3.8, 4) is 0 Å².